The van der Waals surface area contributed by atoms with Crippen LogP contribution in [-0.4, -0.2) is 38.5 Å². The first kappa shape index (κ1) is 21.4. The molecule has 0 aliphatic heterocycles. The summed E-state index contributed by atoms with van der Waals surface area (Å²) in [5.41, 5.74) is 6.09. The van der Waals surface area contributed by atoms with Crippen molar-refractivity contribution in [2.75, 3.05) is 5.32 Å². The van der Waals surface area contributed by atoms with Crippen molar-refractivity contribution in [2.24, 2.45) is 11.7 Å². The summed E-state index contributed by atoms with van der Waals surface area (Å²) in [6, 6.07) is 11.4. The molecule has 0 aliphatic rings. The highest BCUT2D eigenvalue weighted by atomic mass is 79.9. The predicted octanol–water partition coefficient (Wildman–Crippen LogP) is 2.07. The molecule has 3 rings (SSSR count). The maximum atomic E-state index is 12.7. The van der Waals surface area contributed by atoms with Gasteiger partial charge < -0.3 is 16.4 Å². The van der Waals surface area contributed by atoms with Crippen molar-refractivity contribution < 1.29 is 14.4 Å². The lowest BCUT2D eigenvalue weighted by Gasteiger charge is -2.21. The summed E-state index contributed by atoms with van der Waals surface area (Å²) in [6.45, 7) is 3.49. The highest BCUT2D eigenvalue weighted by molar-refractivity contribution is 9.10. The van der Waals surface area contributed by atoms with E-state index in [0.717, 1.165) is 0 Å². The second-order valence-corrected chi connectivity index (χ2v) is 7.82. The molecule has 0 fully saturated rings. The van der Waals surface area contributed by atoms with Gasteiger partial charge in [-0.05, 0) is 40.0 Å². The van der Waals surface area contributed by atoms with Gasteiger partial charge in [-0.25, -0.2) is 4.98 Å². The molecule has 156 valence electrons. The van der Waals surface area contributed by atoms with E-state index in [9.17, 15) is 14.4 Å². The van der Waals surface area contributed by atoms with E-state index in [1.165, 1.54) is 4.68 Å². The van der Waals surface area contributed by atoms with Crippen molar-refractivity contribution in [1.82, 2.24) is 20.1 Å². The summed E-state index contributed by atoms with van der Waals surface area (Å²) in [5, 5.41) is 10.2. The van der Waals surface area contributed by atoms with E-state index >= 15 is 0 Å². The van der Waals surface area contributed by atoms with Crippen LogP contribution >= 0.6 is 15.9 Å². The third-order valence-corrected chi connectivity index (χ3v) is 4.86. The van der Waals surface area contributed by atoms with E-state index < -0.39 is 17.9 Å². The molecule has 3 amide bonds. The topological polar surface area (TPSA) is 132 Å². The fourth-order valence-electron chi connectivity index (χ4n) is 3.00. The number of carbonyl (C=O) groups excluding carboxylic acids is 3. The minimum Gasteiger partial charge on any atom is -0.364 e. The van der Waals surface area contributed by atoms with Gasteiger partial charge in [-0.3, -0.25) is 19.1 Å². The smallest absolute Gasteiger partial charge is 0.269 e. The van der Waals surface area contributed by atoms with Crippen LogP contribution in [0, 0.1) is 5.92 Å². The minimum absolute atomic E-state index is 0.0947. The van der Waals surface area contributed by atoms with Crippen molar-refractivity contribution >= 4 is 50.4 Å². The van der Waals surface area contributed by atoms with Crippen LogP contribution in [0.5, 0.6) is 0 Å². The Labute approximate surface area is 181 Å². The highest BCUT2D eigenvalue weighted by Gasteiger charge is 2.25. The van der Waals surface area contributed by atoms with Gasteiger partial charge in [0.1, 0.15) is 23.0 Å². The summed E-state index contributed by atoms with van der Waals surface area (Å²) in [6.07, 6.45) is 0. The SMILES string of the molecule is CC(C)[C@@H](NC(=O)Cn1nc(C(N)=O)c2ccccc21)C(=O)Nc1cccc(Br)n1. The monoisotopic (exact) mass is 472 g/mol. The van der Waals surface area contributed by atoms with Gasteiger partial charge in [0.25, 0.3) is 5.91 Å². The first-order valence-corrected chi connectivity index (χ1v) is 10.0. The zero-order valence-corrected chi connectivity index (χ0v) is 18.0. The molecule has 0 unspecified atom stereocenters. The van der Waals surface area contributed by atoms with Gasteiger partial charge in [0.2, 0.25) is 11.8 Å². The largest absolute Gasteiger partial charge is 0.364 e. The summed E-state index contributed by atoms with van der Waals surface area (Å²) in [7, 11) is 0. The second kappa shape index (κ2) is 9.04. The van der Waals surface area contributed by atoms with Crippen LogP contribution in [0.2, 0.25) is 0 Å². The maximum Gasteiger partial charge on any atom is 0.269 e. The average Bonchev–Trinajstić information content (AvgIpc) is 3.04. The number of anilines is 1. The Morgan fingerprint density at radius 1 is 1.13 bits per heavy atom. The Kier molecular flexibility index (Phi) is 6.46. The van der Waals surface area contributed by atoms with Gasteiger partial charge >= 0.3 is 0 Å². The number of pyridine rings is 1. The zero-order valence-electron chi connectivity index (χ0n) is 16.4. The van der Waals surface area contributed by atoms with Gasteiger partial charge in [-0.1, -0.05) is 38.1 Å². The maximum absolute atomic E-state index is 12.7. The number of hydrogen-bond acceptors (Lipinski definition) is 5. The van der Waals surface area contributed by atoms with Crippen LogP contribution in [0.15, 0.2) is 47.1 Å². The molecule has 0 radical (unpaired) electrons. The molecule has 0 saturated heterocycles. The molecule has 0 spiro atoms. The minimum atomic E-state index is -0.782. The number of hydrogen-bond donors (Lipinski definition) is 3. The van der Waals surface area contributed by atoms with Crippen molar-refractivity contribution in [3.8, 4) is 0 Å². The number of nitrogens with zero attached hydrogens (tertiary/aromatic N) is 3. The van der Waals surface area contributed by atoms with Crippen LogP contribution in [0.4, 0.5) is 5.82 Å². The average molecular weight is 473 g/mol. The standard InChI is InChI=1S/C20H21BrN6O3/c1-11(2)17(20(30)24-15-9-5-8-14(21)23-15)25-16(28)10-27-13-7-4-3-6-12(13)18(26-27)19(22)29/h3-9,11,17H,10H2,1-2H3,(H2,22,29)(H,25,28)(H,23,24,30)/t17-/m1/s1. The lowest BCUT2D eigenvalue weighted by Crippen LogP contribution is -2.48. The van der Waals surface area contributed by atoms with Crippen molar-refractivity contribution in [3.63, 3.8) is 0 Å². The molecular weight excluding hydrogens is 452 g/mol. The third-order valence-electron chi connectivity index (χ3n) is 4.42. The quantitative estimate of drug-likeness (QED) is 0.452. The molecular formula is C20H21BrN6O3. The Morgan fingerprint density at radius 3 is 2.53 bits per heavy atom. The lowest BCUT2D eigenvalue weighted by molar-refractivity contribution is -0.127. The van der Waals surface area contributed by atoms with Gasteiger partial charge in [0.15, 0.2) is 5.69 Å². The molecule has 1 aromatic carbocycles. The number of nitrogens with two attached hydrogens (primary N) is 1. The molecule has 10 heteroatoms. The Morgan fingerprint density at radius 2 is 1.87 bits per heavy atom. The number of rotatable bonds is 7. The van der Waals surface area contributed by atoms with Crippen LogP contribution in [0.25, 0.3) is 10.9 Å². The van der Waals surface area contributed by atoms with Gasteiger partial charge in [-0.15, -0.1) is 0 Å². The van der Waals surface area contributed by atoms with Crippen molar-refractivity contribution in [1.29, 1.82) is 0 Å². The molecule has 30 heavy (non-hydrogen) atoms. The fourth-order valence-corrected chi connectivity index (χ4v) is 3.35. The van der Waals surface area contributed by atoms with E-state index in [0.29, 0.717) is 21.3 Å². The fraction of sp³-hybridized carbons (Fsp3) is 0.250. The van der Waals surface area contributed by atoms with Gasteiger partial charge in [0.05, 0.1) is 5.52 Å². The summed E-state index contributed by atoms with van der Waals surface area (Å²) >= 11 is 3.25. The zero-order chi connectivity index (χ0) is 21.8. The molecule has 2 heterocycles. The molecule has 9 nitrogen and oxygen atoms in total. The second-order valence-electron chi connectivity index (χ2n) is 7.01. The Hall–Kier alpha value is -3.27. The number of fused-ring (bicyclic) bond motifs is 1. The molecule has 4 N–H and O–H groups in total. The van der Waals surface area contributed by atoms with Gasteiger partial charge in [-0.2, -0.15) is 5.10 Å². The number of amides is 3. The number of aromatic nitrogens is 3. The molecule has 1 atom stereocenters. The van der Waals surface area contributed by atoms with E-state index in [4.69, 9.17) is 5.73 Å². The van der Waals surface area contributed by atoms with Crippen LogP contribution < -0.4 is 16.4 Å². The number of primary amides is 1. The first-order valence-electron chi connectivity index (χ1n) is 9.24. The van der Waals surface area contributed by atoms with Crippen molar-refractivity contribution in [3.05, 3.63) is 52.8 Å². The third kappa shape index (κ3) is 4.82. The molecule has 0 aliphatic carbocycles. The van der Waals surface area contributed by atoms with E-state index in [-0.39, 0.29) is 24.1 Å². The number of carbonyl (C=O) groups is 3. The van der Waals surface area contributed by atoms with Gasteiger partial charge in [0, 0.05) is 5.39 Å². The van der Waals surface area contributed by atoms with Crippen LogP contribution in [0.1, 0.15) is 24.3 Å². The number of para-hydroxylation sites is 1. The summed E-state index contributed by atoms with van der Waals surface area (Å²) in [4.78, 5) is 41.2. The molecule has 3 aromatic rings. The number of nitrogens with one attached hydrogen (secondary N) is 2. The van der Waals surface area contributed by atoms with Crippen molar-refractivity contribution in [2.45, 2.75) is 26.4 Å². The molecule has 0 bridgehead atoms. The number of benzene rings is 1. The molecule has 2 aromatic heterocycles. The first-order chi connectivity index (χ1) is 14.3. The Balaban J connectivity index is 1.75. The number of halogens is 1. The Bertz CT molecular complexity index is 1110. The predicted molar refractivity (Wildman–Crippen MR) is 116 cm³/mol. The van der Waals surface area contributed by atoms with Crippen LogP contribution in [0.3, 0.4) is 0 Å². The van der Waals surface area contributed by atoms with E-state index in [1.807, 2.05) is 13.8 Å². The van der Waals surface area contributed by atoms with E-state index in [1.54, 1.807) is 42.5 Å². The van der Waals surface area contributed by atoms with Crippen LogP contribution in [-0.2, 0) is 16.1 Å². The molecule has 0 saturated carbocycles. The summed E-state index contributed by atoms with van der Waals surface area (Å²) < 4.78 is 1.98. The normalized spacial score (nSPS) is 12.0. The summed E-state index contributed by atoms with van der Waals surface area (Å²) in [5.74, 6) is -1.27. The van der Waals surface area contributed by atoms with E-state index in [2.05, 4.69) is 36.6 Å². The lowest BCUT2D eigenvalue weighted by atomic mass is 10.0. The highest BCUT2D eigenvalue weighted by Crippen LogP contribution is 2.18.